The van der Waals surface area contributed by atoms with E-state index < -0.39 is 15.8 Å². The Morgan fingerprint density at radius 1 is 1.29 bits per heavy atom. The topological polar surface area (TPSA) is 72.2 Å². The van der Waals surface area contributed by atoms with Crippen LogP contribution in [0.15, 0.2) is 21.5 Å². The standard InChI is InChI=1S/C14H20BrFN2O2S/c15-11-8-12(16)13(17)9-14(11)21(19,20)18-7-6-10-4-2-1-3-5-10/h8-10,18H,1-7,17H2. The highest BCUT2D eigenvalue weighted by Gasteiger charge is 2.20. The molecule has 0 aromatic heterocycles. The molecule has 0 saturated heterocycles. The largest absolute Gasteiger partial charge is 0.396 e. The zero-order chi connectivity index (χ0) is 15.5. The second-order valence-electron chi connectivity index (χ2n) is 5.49. The SMILES string of the molecule is Nc1cc(S(=O)(=O)NCCC2CCCCC2)c(Br)cc1F. The van der Waals surface area contributed by atoms with Gasteiger partial charge in [-0.3, -0.25) is 0 Å². The molecule has 1 aliphatic rings. The van der Waals surface area contributed by atoms with Crippen LogP contribution in [0.4, 0.5) is 10.1 Å². The molecule has 1 aliphatic carbocycles. The molecule has 0 amide bonds. The van der Waals surface area contributed by atoms with E-state index in [2.05, 4.69) is 20.7 Å². The Morgan fingerprint density at radius 2 is 1.95 bits per heavy atom. The first kappa shape index (κ1) is 16.7. The van der Waals surface area contributed by atoms with Crippen LogP contribution in [0.5, 0.6) is 0 Å². The Morgan fingerprint density at radius 3 is 2.62 bits per heavy atom. The van der Waals surface area contributed by atoms with Gasteiger partial charge in [0.2, 0.25) is 10.0 Å². The van der Waals surface area contributed by atoms with E-state index in [-0.39, 0.29) is 15.1 Å². The van der Waals surface area contributed by atoms with Crippen LogP contribution < -0.4 is 10.5 Å². The number of nitrogens with two attached hydrogens (primary N) is 1. The van der Waals surface area contributed by atoms with Gasteiger partial charge < -0.3 is 5.73 Å². The lowest BCUT2D eigenvalue weighted by molar-refractivity contribution is 0.339. The van der Waals surface area contributed by atoms with Crippen molar-refractivity contribution in [3.05, 3.63) is 22.4 Å². The summed E-state index contributed by atoms with van der Waals surface area (Å²) in [5.74, 6) is -0.0359. The Balaban J connectivity index is 1.99. The molecule has 4 nitrogen and oxygen atoms in total. The quantitative estimate of drug-likeness (QED) is 0.770. The van der Waals surface area contributed by atoms with Gasteiger partial charge in [0, 0.05) is 11.0 Å². The average Bonchev–Trinajstić information content (AvgIpc) is 2.43. The van der Waals surface area contributed by atoms with Crippen LogP contribution in [-0.4, -0.2) is 15.0 Å². The van der Waals surface area contributed by atoms with Crippen molar-refractivity contribution in [2.75, 3.05) is 12.3 Å². The van der Waals surface area contributed by atoms with Crippen molar-refractivity contribution in [1.82, 2.24) is 4.72 Å². The van der Waals surface area contributed by atoms with Gasteiger partial charge in [-0.2, -0.15) is 0 Å². The van der Waals surface area contributed by atoms with Gasteiger partial charge in [0.05, 0.1) is 10.6 Å². The van der Waals surface area contributed by atoms with E-state index in [1.807, 2.05) is 0 Å². The van der Waals surface area contributed by atoms with E-state index >= 15 is 0 Å². The maximum absolute atomic E-state index is 13.3. The van der Waals surface area contributed by atoms with Crippen molar-refractivity contribution in [3.63, 3.8) is 0 Å². The molecule has 0 spiro atoms. The number of sulfonamides is 1. The molecule has 3 N–H and O–H groups in total. The van der Waals surface area contributed by atoms with Gasteiger partial charge in [0.25, 0.3) is 0 Å². The first-order valence-corrected chi connectivity index (χ1v) is 9.42. The van der Waals surface area contributed by atoms with Crippen LogP contribution in [-0.2, 0) is 10.0 Å². The summed E-state index contributed by atoms with van der Waals surface area (Å²) in [6, 6.07) is 2.22. The minimum absolute atomic E-state index is 0.0231. The minimum atomic E-state index is -3.67. The van der Waals surface area contributed by atoms with Crippen LogP contribution in [0.3, 0.4) is 0 Å². The maximum atomic E-state index is 13.3. The molecular formula is C14H20BrFN2O2S. The molecule has 0 aliphatic heterocycles. The van der Waals surface area contributed by atoms with Crippen molar-refractivity contribution in [1.29, 1.82) is 0 Å². The maximum Gasteiger partial charge on any atom is 0.241 e. The molecule has 1 fully saturated rings. The van der Waals surface area contributed by atoms with Gasteiger partial charge in [0.15, 0.2) is 0 Å². The van der Waals surface area contributed by atoms with Crippen LogP contribution in [0.25, 0.3) is 0 Å². The lowest BCUT2D eigenvalue weighted by atomic mass is 9.87. The fourth-order valence-electron chi connectivity index (χ4n) is 2.70. The number of hydrogen-bond donors (Lipinski definition) is 2. The fraction of sp³-hybridized carbons (Fsp3) is 0.571. The number of rotatable bonds is 5. The molecule has 2 rings (SSSR count). The third-order valence-corrected chi connectivity index (χ3v) is 6.33. The second-order valence-corrected chi connectivity index (χ2v) is 8.08. The Kier molecular flexibility index (Phi) is 5.62. The number of anilines is 1. The highest BCUT2D eigenvalue weighted by atomic mass is 79.9. The van der Waals surface area contributed by atoms with Crippen LogP contribution in [0.1, 0.15) is 38.5 Å². The van der Waals surface area contributed by atoms with Crippen molar-refractivity contribution in [2.24, 2.45) is 5.92 Å². The predicted octanol–water partition coefficient (Wildman–Crippen LogP) is 3.42. The van der Waals surface area contributed by atoms with E-state index in [1.54, 1.807) is 0 Å². The molecule has 0 bridgehead atoms. The van der Waals surface area contributed by atoms with E-state index in [0.29, 0.717) is 12.5 Å². The van der Waals surface area contributed by atoms with E-state index in [9.17, 15) is 12.8 Å². The number of hydrogen-bond acceptors (Lipinski definition) is 3. The van der Waals surface area contributed by atoms with Crippen molar-refractivity contribution in [2.45, 2.75) is 43.4 Å². The van der Waals surface area contributed by atoms with E-state index in [0.717, 1.165) is 18.6 Å². The number of halogens is 2. The summed E-state index contributed by atoms with van der Waals surface area (Å²) >= 11 is 3.07. The van der Waals surface area contributed by atoms with Crippen molar-refractivity contribution < 1.29 is 12.8 Å². The van der Waals surface area contributed by atoms with Crippen LogP contribution in [0.2, 0.25) is 0 Å². The lowest BCUT2D eigenvalue weighted by Crippen LogP contribution is -2.27. The normalized spacial score (nSPS) is 17.0. The first-order valence-electron chi connectivity index (χ1n) is 7.14. The van der Waals surface area contributed by atoms with Crippen LogP contribution in [0, 0.1) is 11.7 Å². The summed E-state index contributed by atoms with van der Waals surface area (Å²) in [5.41, 5.74) is 5.27. The molecule has 7 heteroatoms. The van der Waals surface area contributed by atoms with Gasteiger partial charge >= 0.3 is 0 Å². The average molecular weight is 379 g/mol. The third kappa shape index (κ3) is 4.40. The Bertz CT molecular complexity index is 601. The number of nitrogen functional groups attached to an aromatic ring is 1. The number of benzene rings is 1. The molecule has 1 saturated carbocycles. The molecule has 0 heterocycles. The lowest BCUT2D eigenvalue weighted by Gasteiger charge is -2.21. The molecular weight excluding hydrogens is 359 g/mol. The molecule has 0 radical (unpaired) electrons. The summed E-state index contributed by atoms with van der Waals surface area (Å²) in [6.07, 6.45) is 6.94. The zero-order valence-corrected chi connectivity index (χ0v) is 14.1. The molecule has 0 atom stereocenters. The summed E-state index contributed by atoms with van der Waals surface area (Å²) in [5, 5.41) is 0. The smallest absolute Gasteiger partial charge is 0.241 e. The van der Waals surface area contributed by atoms with Crippen molar-refractivity contribution in [3.8, 4) is 0 Å². The van der Waals surface area contributed by atoms with Crippen molar-refractivity contribution >= 4 is 31.6 Å². The summed E-state index contributed by atoms with van der Waals surface area (Å²) in [7, 11) is -3.67. The van der Waals surface area contributed by atoms with Gasteiger partial charge in [-0.1, -0.05) is 32.1 Å². The van der Waals surface area contributed by atoms with E-state index in [4.69, 9.17) is 5.73 Å². The third-order valence-electron chi connectivity index (χ3n) is 3.91. The summed E-state index contributed by atoms with van der Waals surface area (Å²) in [6.45, 7) is 0.400. The van der Waals surface area contributed by atoms with E-state index in [1.165, 1.54) is 32.1 Å². The second kappa shape index (κ2) is 7.07. The van der Waals surface area contributed by atoms with Gasteiger partial charge in [-0.15, -0.1) is 0 Å². The molecule has 0 unspecified atom stereocenters. The summed E-state index contributed by atoms with van der Waals surface area (Å²) < 4.78 is 40.5. The Labute approximate surface area is 133 Å². The molecule has 118 valence electrons. The predicted molar refractivity (Wildman–Crippen MR) is 84.9 cm³/mol. The highest BCUT2D eigenvalue weighted by molar-refractivity contribution is 9.10. The van der Waals surface area contributed by atoms with Gasteiger partial charge in [-0.05, 0) is 40.4 Å². The monoisotopic (exact) mass is 378 g/mol. The minimum Gasteiger partial charge on any atom is -0.396 e. The Hall–Kier alpha value is -0.660. The molecule has 1 aromatic rings. The van der Waals surface area contributed by atoms with Gasteiger partial charge in [0.1, 0.15) is 5.82 Å². The zero-order valence-electron chi connectivity index (χ0n) is 11.7. The fourth-order valence-corrected chi connectivity index (χ4v) is 4.80. The first-order chi connectivity index (χ1) is 9.90. The highest BCUT2D eigenvalue weighted by Crippen LogP contribution is 2.28. The van der Waals surface area contributed by atoms with Crippen LogP contribution >= 0.6 is 15.9 Å². The molecule has 21 heavy (non-hydrogen) atoms. The summed E-state index contributed by atoms with van der Waals surface area (Å²) in [4.78, 5) is -0.0231. The number of nitrogens with one attached hydrogen (secondary N) is 1. The molecule has 1 aromatic carbocycles. The van der Waals surface area contributed by atoms with Gasteiger partial charge in [-0.25, -0.2) is 17.5 Å².